The van der Waals surface area contributed by atoms with Crippen molar-refractivity contribution in [3.63, 3.8) is 0 Å². The van der Waals surface area contributed by atoms with E-state index in [0.29, 0.717) is 18.1 Å². The number of benzene rings is 1. The summed E-state index contributed by atoms with van der Waals surface area (Å²) in [5, 5.41) is 12.5. The van der Waals surface area contributed by atoms with Crippen LogP contribution in [-0.2, 0) is 6.42 Å². The van der Waals surface area contributed by atoms with Crippen LogP contribution >= 0.6 is 0 Å². The van der Waals surface area contributed by atoms with Crippen LogP contribution in [0.3, 0.4) is 0 Å². The Labute approximate surface area is 81.2 Å². The SMILES string of the molecule is OCCc1nc(-c2ccccc2)no1. The third-order valence-corrected chi connectivity index (χ3v) is 1.83. The van der Waals surface area contributed by atoms with E-state index in [1.165, 1.54) is 0 Å². The largest absolute Gasteiger partial charge is 0.396 e. The minimum Gasteiger partial charge on any atom is -0.396 e. The second kappa shape index (κ2) is 4.02. The van der Waals surface area contributed by atoms with E-state index in [0.717, 1.165) is 5.56 Å². The van der Waals surface area contributed by atoms with Gasteiger partial charge in [-0.05, 0) is 0 Å². The summed E-state index contributed by atoms with van der Waals surface area (Å²) in [7, 11) is 0. The molecule has 0 fully saturated rings. The van der Waals surface area contributed by atoms with Crippen molar-refractivity contribution in [2.24, 2.45) is 0 Å². The van der Waals surface area contributed by atoms with Crippen molar-refractivity contribution < 1.29 is 9.63 Å². The average Bonchev–Trinajstić information content (AvgIpc) is 2.68. The Hall–Kier alpha value is -1.68. The molecule has 1 aromatic carbocycles. The second-order valence-electron chi connectivity index (χ2n) is 2.85. The Kier molecular flexibility index (Phi) is 2.55. The van der Waals surface area contributed by atoms with Gasteiger partial charge in [0.05, 0.1) is 13.0 Å². The van der Waals surface area contributed by atoms with E-state index < -0.39 is 0 Å². The zero-order chi connectivity index (χ0) is 9.80. The number of aromatic nitrogens is 2. The smallest absolute Gasteiger partial charge is 0.229 e. The molecule has 0 radical (unpaired) electrons. The molecule has 0 saturated carbocycles. The lowest BCUT2D eigenvalue weighted by molar-refractivity contribution is 0.274. The molecule has 2 rings (SSSR count). The predicted octanol–water partition coefficient (Wildman–Crippen LogP) is 1.27. The first-order chi connectivity index (χ1) is 6.90. The minimum atomic E-state index is 0.0242. The lowest BCUT2D eigenvalue weighted by Crippen LogP contribution is -1.89. The summed E-state index contributed by atoms with van der Waals surface area (Å²) in [5.41, 5.74) is 0.917. The molecule has 0 amide bonds. The van der Waals surface area contributed by atoms with Crippen molar-refractivity contribution in [2.75, 3.05) is 6.61 Å². The summed E-state index contributed by atoms with van der Waals surface area (Å²) in [6, 6.07) is 9.58. The summed E-state index contributed by atoms with van der Waals surface area (Å²) in [6.45, 7) is 0.0242. The van der Waals surface area contributed by atoms with Gasteiger partial charge in [-0.1, -0.05) is 35.5 Å². The van der Waals surface area contributed by atoms with Gasteiger partial charge < -0.3 is 9.63 Å². The van der Waals surface area contributed by atoms with Gasteiger partial charge in [-0.25, -0.2) is 0 Å². The van der Waals surface area contributed by atoms with Crippen molar-refractivity contribution in [1.82, 2.24) is 10.1 Å². The Morgan fingerprint density at radius 3 is 2.71 bits per heavy atom. The first-order valence-electron chi connectivity index (χ1n) is 4.39. The van der Waals surface area contributed by atoms with E-state index in [4.69, 9.17) is 9.63 Å². The molecule has 0 aliphatic heterocycles. The fourth-order valence-electron chi connectivity index (χ4n) is 1.16. The van der Waals surface area contributed by atoms with Gasteiger partial charge >= 0.3 is 0 Å². The number of rotatable bonds is 3. The number of hydrogen-bond acceptors (Lipinski definition) is 4. The summed E-state index contributed by atoms with van der Waals surface area (Å²) in [5.74, 6) is 1.03. The molecule has 0 saturated heterocycles. The van der Waals surface area contributed by atoms with Gasteiger partial charge in [0.1, 0.15) is 0 Å². The highest BCUT2D eigenvalue weighted by Crippen LogP contribution is 2.14. The van der Waals surface area contributed by atoms with Crippen LogP contribution in [0, 0.1) is 0 Å². The van der Waals surface area contributed by atoms with Gasteiger partial charge in [0.25, 0.3) is 0 Å². The molecule has 0 bridgehead atoms. The molecule has 4 nitrogen and oxygen atoms in total. The number of hydrogen-bond donors (Lipinski definition) is 1. The summed E-state index contributed by atoms with van der Waals surface area (Å²) < 4.78 is 4.94. The molecule has 1 aromatic heterocycles. The topological polar surface area (TPSA) is 59.2 Å². The molecule has 0 atom stereocenters. The Balaban J connectivity index is 2.25. The first kappa shape index (κ1) is 8.90. The van der Waals surface area contributed by atoms with Crippen LogP contribution < -0.4 is 0 Å². The number of aliphatic hydroxyl groups excluding tert-OH is 1. The van der Waals surface area contributed by atoms with Crippen LogP contribution in [0.1, 0.15) is 5.89 Å². The van der Waals surface area contributed by atoms with E-state index >= 15 is 0 Å². The van der Waals surface area contributed by atoms with Crippen LogP contribution in [0.5, 0.6) is 0 Å². The van der Waals surface area contributed by atoms with E-state index in [-0.39, 0.29) is 6.61 Å². The van der Waals surface area contributed by atoms with Crippen molar-refractivity contribution in [2.45, 2.75) is 6.42 Å². The van der Waals surface area contributed by atoms with Crippen molar-refractivity contribution in [3.05, 3.63) is 36.2 Å². The zero-order valence-electron chi connectivity index (χ0n) is 7.55. The van der Waals surface area contributed by atoms with Gasteiger partial charge in [-0.15, -0.1) is 0 Å². The molecule has 0 unspecified atom stereocenters. The molecular formula is C10H10N2O2. The third-order valence-electron chi connectivity index (χ3n) is 1.83. The van der Waals surface area contributed by atoms with Gasteiger partial charge in [0.15, 0.2) is 0 Å². The molecule has 1 heterocycles. The molecule has 0 spiro atoms. The van der Waals surface area contributed by atoms with Crippen LogP contribution in [-0.4, -0.2) is 21.9 Å². The Bertz CT molecular complexity index is 398. The molecule has 72 valence electrons. The monoisotopic (exact) mass is 190 g/mol. The van der Waals surface area contributed by atoms with Crippen molar-refractivity contribution in [3.8, 4) is 11.4 Å². The minimum absolute atomic E-state index is 0.0242. The standard InChI is InChI=1S/C10H10N2O2/c13-7-6-9-11-10(12-14-9)8-4-2-1-3-5-8/h1-5,13H,6-7H2. The maximum absolute atomic E-state index is 8.67. The molecule has 0 aliphatic carbocycles. The quantitative estimate of drug-likeness (QED) is 0.791. The first-order valence-corrected chi connectivity index (χ1v) is 4.39. The number of aliphatic hydroxyl groups is 1. The summed E-state index contributed by atoms with van der Waals surface area (Å²) >= 11 is 0. The molecule has 0 aliphatic rings. The second-order valence-corrected chi connectivity index (χ2v) is 2.85. The van der Waals surface area contributed by atoms with Crippen molar-refractivity contribution in [1.29, 1.82) is 0 Å². The maximum atomic E-state index is 8.67. The van der Waals surface area contributed by atoms with E-state index in [2.05, 4.69) is 10.1 Å². The van der Waals surface area contributed by atoms with Crippen LogP contribution in [0.2, 0.25) is 0 Å². The van der Waals surface area contributed by atoms with Gasteiger partial charge in [-0.2, -0.15) is 4.98 Å². The summed E-state index contributed by atoms with van der Waals surface area (Å²) in [4.78, 5) is 4.13. The average molecular weight is 190 g/mol. The normalized spacial score (nSPS) is 10.4. The fourth-order valence-corrected chi connectivity index (χ4v) is 1.16. The summed E-state index contributed by atoms with van der Waals surface area (Å²) in [6.07, 6.45) is 0.403. The zero-order valence-corrected chi connectivity index (χ0v) is 7.55. The van der Waals surface area contributed by atoms with Gasteiger partial charge in [0, 0.05) is 5.56 Å². The van der Waals surface area contributed by atoms with E-state index in [1.54, 1.807) is 0 Å². The third kappa shape index (κ3) is 1.80. The van der Waals surface area contributed by atoms with E-state index in [1.807, 2.05) is 30.3 Å². The maximum Gasteiger partial charge on any atom is 0.229 e. The van der Waals surface area contributed by atoms with Crippen LogP contribution in [0.25, 0.3) is 11.4 Å². The predicted molar refractivity (Wildman–Crippen MR) is 50.5 cm³/mol. The highest BCUT2D eigenvalue weighted by Gasteiger charge is 2.06. The van der Waals surface area contributed by atoms with Crippen LogP contribution in [0.15, 0.2) is 34.9 Å². The molecule has 2 aromatic rings. The lowest BCUT2D eigenvalue weighted by atomic mass is 10.2. The molecule has 4 heteroatoms. The Morgan fingerprint density at radius 1 is 1.21 bits per heavy atom. The van der Waals surface area contributed by atoms with E-state index in [9.17, 15) is 0 Å². The molecular weight excluding hydrogens is 180 g/mol. The fraction of sp³-hybridized carbons (Fsp3) is 0.200. The highest BCUT2D eigenvalue weighted by molar-refractivity contribution is 5.53. The van der Waals surface area contributed by atoms with Gasteiger partial charge in [-0.3, -0.25) is 0 Å². The number of nitrogens with zero attached hydrogens (tertiary/aromatic N) is 2. The lowest BCUT2D eigenvalue weighted by Gasteiger charge is -1.90. The Morgan fingerprint density at radius 2 is 2.00 bits per heavy atom. The van der Waals surface area contributed by atoms with Crippen molar-refractivity contribution >= 4 is 0 Å². The molecule has 1 N–H and O–H groups in total. The van der Waals surface area contributed by atoms with Gasteiger partial charge in [0.2, 0.25) is 11.7 Å². The molecule has 14 heavy (non-hydrogen) atoms. The highest BCUT2D eigenvalue weighted by atomic mass is 16.5. The van der Waals surface area contributed by atoms with Crippen LogP contribution in [0.4, 0.5) is 0 Å².